The zero-order valence-corrected chi connectivity index (χ0v) is 7.66. The average Bonchev–Trinajstić information content (AvgIpc) is 2.17. The lowest BCUT2D eigenvalue weighted by molar-refractivity contribution is 0.0600. The molecule has 3 heteroatoms. The smallest absolute Gasteiger partial charge is 0.337 e. The molecule has 69 valence electrons. The Morgan fingerprint density at radius 3 is 2.62 bits per heavy atom. The lowest BCUT2D eigenvalue weighted by Crippen LogP contribution is -2.01. The summed E-state index contributed by atoms with van der Waals surface area (Å²) in [7, 11) is 2.87. The van der Waals surface area contributed by atoms with Crippen molar-refractivity contribution in [2.24, 2.45) is 0 Å². The first-order chi connectivity index (χ1) is 6.19. The summed E-state index contributed by atoms with van der Waals surface area (Å²) in [4.78, 5) is 11.1. The molecule has 0 amide bonds. The number of carbonyl (C=O) groups is 1. The maximum atomic E-state index is 11.1. The Balaban J connectivity index is 3.06. The molecule has 3 nitrogen and oxygen atoms in total. The van der Waals surface area contributed by atoms with E-state index in [1.165, 1.54) is 14.2 Å². The molecule has 0 atom stereocenters. The van der Waals surface area contributed by atoms with E-state index in [0.717, 1.165) is 5.56 Å². The fraction of sp³-hybridized carbons (Fsp3) is 0.200. The maximum Gasteiger partial charge on any atom is 0.337 e. The summed E-state index contributed by atoms with van der Waals surface area (Å²) < 4.78 is 9.57. The van der Waals surface area contributed by atoms with Gasteiger partial charge in [-0.2, -0.15) is 0 Å². The SMILES string of the molecule is [CH2]c1ccc(C(=O)OC)cc1OC. The molecule has 0 heterocycles. The van der Waals surface area contributed by atoms with Crippen LogP contribution in [0.25, 0.3) is 0 Å². The third-order valence-electron chi connectivity index (χ3n) is 1.71. The molecule has 1 aromatic carbocycles. The predicted octanol–water partition coefficient (Wildman–Crippen LogP) is 1.66. The van der Waals surface area contributed by atoms with E-state index in [1.807, 2.05) is 0 Å². The van der Waals surface area contributed by atoms with Crippen molar-refractivity contribution in [1.82, 2.24) is 0 Å². The van der Waals surface area contributed by atoms with Crippen molar-refractivity contribution in [1.29, 1.82) is 0 Å². The van der Waals surface area contributed by atoms with E-state index in [1.54, 1.807) is 18.2 Å². The highest BCUT2D eigenvalue weighted by Gasteiger charge is 2.07. The monoisotopic (exact) mass is 179 g/mol. The Bertz CT molecular complexity index is 318. The first-order valence-electron chi connectivity index (χ1n) is 3.77. The van der Waals surface area contributed by atoms with Gasteiger partial charge >= 0.3 is 5.97 Å². The number of methoxy groups -OCH3 is 2. The number of hydrogen-bond acceptors (Lipinski definition) is 3. The van der Waals surface area contributed by atoms with Crippen LogP contribution in [0.2, 0.25) is 0 Å². The van der Waals surface area contributed by atoms with Crippen molar-refractivity contribution in [3.05, 3.63) is 36.2 Å². The van der Waals surface area contributed by atoms with Gasteiger partial charge in [-0.3, -0.25) is 0 Å². The summed E-state index contributed by atoms with van der Waals surface area (Å²) in [6, 6.07) is 4.97. The molecule has 0 aliphatic carbocycles. The molecule has 1 aromatic rings. The quantitative estimate of drug-likeness (QED) is 0.648. The zero-order chi connectivity index (χ0) is 9.84. The summed E-state index contributed by atoms with van der Waals surface area (Å²) in [5, 5.41) is 0. The first kappa shape index (κ1) is 9.58. The van der Waals surface area contributed by atoms with E-state index in [-0.39, 0.29) is 5.97 Å². The Hall–Kier alpha value is -1.51. The minimum Gasteiger partial charge on any atom is -0.496 e. The molecule has 0 aliphatic rings. The van der Waals surface area contributed by atoms with Gasteiger partial charge in [0, 0.05) is 0 Å². The van der Waals surface area contributed by atoms with Crippen molar-refractivity contribution < 1.29 is 14.3 Å². The molecular formula is C10H11O3. The van der Waals surface area contributed by atoms with Crippen molar-refractivity contribution in [2.45, 2.75) is 0 Å². The summed E-state index contributed by atoms with van der Waals surface area (Å²) in [5.74, 6) is 0.209. The number of rotatable bonds is 2. The average molecular weight is 179 g/mol. The zero-order valence-electron chi connectivity index (χ0n) is 7.66. The van der Waals surface area contributed by atoms with Crippen LogP contribution in [0, 0.1) is 6.92 Å². The number of carbonyl (C=O) groups excluding carboxylic acids is 1. The van der Waals surface area contributed by atoms with E-state index in [4.69, 9.17) is 4.74 Å². The Kier molecular flexibility index (Phi) is 2.90. The van der Waals surface area contributed by atoms with Crippen molar-refractivity contribution in [3.8, 4) is 5.75 Å². The van der Waals surface area contributed by atoms with Gasteiger partial charge in [0.05, 0.1) is 19.8 Å². The third-order valence-corrected chi connectivity index (χ3v) is 1.71. The van der Waals surface area contributed by atoms with E-state index in [0.29, 0.717) is 11.3 Å². The van der Waals surface area contributed by atoms with Crippen molar-refractivity contribution in [2.75, 3.05) is 14.2 Å². The second kappa shape index (κ2) is 3.94. The van der Waals surface area contributed by atoms with Gasteiger partial charge in [-0.25, -0.2) is 4.79 Å². The highest BCUT2D eigenvalue weighted by atomic mass is 16.5. The minimum atomic E-state index is -0.377. The van der Waals surface area contributed by atoms with Gasteiger partial charge < -0.3 is 9.47 Å². The molecule has 1 rings (SSSR count). The highest BCUT2D eigenvalue weighted by Crippen LogP contribution is 2.19. The van der Waals surface area contributed by atoms with Crippen LogP contribution in [0.5, 0.6) is 5.75 Å². The minimum absolute atomic E-state index is 0.377. The van der Waals surface area contributed by atoms with Crippen LogP contribution in [0.1, 0.15) is 15.9 Å². The van der Waals surface area contributed by atoms with Crippen LogP contribution >= 0.6 is 0 Å². The van der Waals surface area contributed by atoms with Crippen molar-refractivity contribution in [3.63, 3.8) is 0 Å². The van der Waals surface area contributed by atoms with Gasteiger partial charge in [0.15, 0.2) is 0 Å². The van der Waals surface area contributed by atoms with E-state index >= 15 is 0 Å². The summed E-state index contributed by atoms with van der Waals surface area (Å²) >= 11 is 0. The molecule has 0 unspecified atom stereocenters. The van der Waals surface area contributed by atoms with Gasteiger partial charge in [0.25, 0.3) is 0 Å². The molecular weight excluding hydrogens is 168 g/mol. The topological polar surface area (TPSA) is 35.5 Å². The standard InChI is InChI=1S/C10H11O3/c1-7-4-5-8(10(11)13-3)6-9(7)12-2/h4-6H,1H2,2-3H3. The van der Waals surface area contributed by atoms with Crippen LogP contribution in [0.15, 0.2) is 18.2 Å². The molecule has 13 heavy (non-hydrogen) atoms. The molecule has 0 spiro atoms. The largest absolute Gasteiger partial charge is 0.496 e. The van der Waals surface area contributed by atoms with E-state index in [2.05, 4.69) is 11.7 Å². The van der Waals surface area contributed by atoms with Crippen LogP contribution < -0.4 is 4.74 Å². The maximum absolute atomic E-state index is 11.1. The lowest BCUT2D eigenvalue weighted by Gasteiger charge is -2.05. The Morgan fingerprint density at radius 2 is 2.08 bits per heavy atom. The van der Waals surface area contributed by atoms with Gasteiger partial charge in [-0.15, -0.1) is 0 Å². The van der Waals surface area contributed by atoms with Crippen LogP contribution in [0.3, 0.4) is 0 Å². The second-order valence-electron chi connectivity index (χ2n) is 2.52. The summed E-state index contributed by atoms with van der Waals surface area (Å²) in [6.45, 7) is 3.74. The molecule has 0 saturated carbocycles. The molecule has 0 saturated heterocycles. The highest BCUT2D eigenvalue weighted by molar-refractivity contribution is 5.89. The second-order valence-corrected chi connectivity index (χ2v) is 2.52. The molecule has 0 fully saturated rings. The number of benzene rings is 1. The molecule has 0 aliphatic heterocycles. The van der Waals surface area contributed by atoms with Gasteiger partial charge in [-0.1, -0.05) is 6.07 Å². The van der Waals surface area contributed by atoms with Crippen LogP contribution in [-0.2, 0) is 4.74 Å². The number of ether oxygens (including phenoxy) is 2. The lowest BCUT2D eigenvalue weighted by atomic mass is 10.1. The molecule has 0 aromatic heterocycles. The first-order valence-corrected chi connectivity index (χ1v) is 3.77. The van der Waals surface area contributed by atoms with Gasteiger partial charge in [0.2, 0.25) is 0 Å². The summed E-state index contributed by atoms with van der Waals surface area (Å²) in [6.07, 6.45) is 0. The summed E-state index contributed by atoms with van der Waals surface area (Å²) in [5.41, 5.74) is 1.21. The van der Waals surface area contributed by atoms with Crippen molar-refractivity contribution >= 4 is 5.97 Å². The molecule has 1 radical (unpaired) electrons. The van der Waals surface area contributed by atoms with Gasteiger partial charge in [-0.05, 0) is 24.6 Å². The molecule has 0 bridgehead atoms. The van der Waals surface area contributed by atoms with Crippen LogP contribution in [-0.4, -0.2) is 20.2 Å². The third kappa shape index (κ3) is 1.99. The van der Waals surface area contributed by atoms with E-state index < -0.39 is 0 Å². The fourth-order valence-electron chi connectivity index (χ4n) is 0.989. The van der Waals surface area contributed by atoms with Gasteiger partial charge in [0.1, 0.15) is 5.75 Å². The number of hydrogen-bond donors (Lipinski definition) is 0. The Labute approximate surface area is 77.3 Å². The molecule has 0 N–H and O–H groups in total. The normalized spacial score (nSPS) is 9.46. The predicted molar refractivity (Wildman–Crippen MR) is 48.8 cm³/mol. The fourth-order valence-corrected chi connectivity index (χ4v) is 0.989. The van der Waals surface area contributed by atoms with E-state index in [9.17, 15) is 4.79 Å². The van der Waals surface area contributed by atoms with Crippen LogP contribution in [0.4, 0.5) is 0 Å². The number of esters is 1. The Morgan fingerprint density at radius 1 is 1.38 bits per heavy atom.